The summed E-state index contributed by atoms with van der Waals surface area (Å²) in [6, 6.07) is 22.3. The zero-order valence-electron chi connectivity index (χ0n) is 22.4. The van der Waals surface area contributed by atoms with Gasteiger partial charge in [0.25, 0.3) is 8.32 Å². The molecule has 3 heteroatoms. The van der Waals surface area contributed by atoms with Crippen molar-refractivity contribution in [1.29, 1.82) is 0 Å². The summed E-state index contributed by atoms with van der Waals surface area (Å²) >= 11 is 0. The molecule has 5 atom stereocenters. The first-order valence-corrected chi connectivity index (χ1v) is 15.3. The van der Waals surface area contributed by atoms with E-state index in [2.05, 4.69) is 109 Å². The third kappa shape index (κ3) is 3.65. The molecule has 3 aliphatic rings. The first-order chi connectivity index (χ1) is 15.9. The topological polar surface area (TPSA) is 18.5 Å². The molecule has 0 unspecified atom stereocenters. The average molecular weight is 477 g/mol. The van der Waals surface area contributed by atoms with Crippen LogP contribution in [0.3, 0.4) is 0 Å². The minimum atomic E-state index is -2.57. The Morgan fingerprint density at radius 3 is 1.91 bits per heavy atom. The van der Waals surface area contributed by atoms with Gasteiger partial charge in [0.2, 0.25) is 0 Å². The van der Waals surface area contributed by atoms with Gasteiger partial charge in [-0.1, -0.05) is 88.4 Å². The molecule has 2 aromatic carbocycles. The fourth-order valence-corrected chi connectivity index (χ4v) is 13.4. The Hall–Kier alpha value is -1.42. The van der Waals surface area contributed by atoms with E-state index in [4.69, 9.17) is 9.16 Å². The number of rotatable bonds is 4. The van der Waals surface area contributed by atoms with Gasteiger partial charge in [-0.3, -0.25) is 0 Å². The van der Waals surface area contributed by atoms with Gasteiger partial charge in [-0.05, 0) is 85.5 Å². The van der Waals surface area contributed by atoms with Gasteiger partial charge in [0.15, 0.2) is 0 Å². The summed E-state index contributed by atoms with van der Waals surface area (Å²) in [4.78, 5) is 0. The molecule has 5 rings (SSSR count). The molecule has 2 aliphatic carbocycles. The van der Waals surface area contributed by atoms with Crippen LogP contribution in [0.4, 0.5) is 0 Å². The molecule has 0 N–H and O–H groups in total. The van der Waals surface area contributed by atoms with E-state index in [1.165, 1.54) is 29.6 Å². The van der Waals surface area contributed by atoms with E-state index in [0.717, 1.165) is 18.8 Å². The van der Waals surface area contributed by atoms with Crippen molar-refractivity contribution in [3.8, 4) is 0 Å². The predicted molar refractivity (Wildman–Crippen MR) is 144 cm³/mol. The summed E-state index contributed by atoms with van der Waals surface area (Å²) in [6.07, 6.45) is 6.16. The first kappa shape index (κ1) is 24.3. The fourth-order valence-electron chi connectivity index (χ4n) is 8.55. The maximum absolute atomic E-state index is 7.78. The smallest absolute Gasteiger partial charge is 0.261 e. The van der Waals surface area contributed by atoms with Gasteiger partial charge in [0, 0.05) is 0 Å². The van der Waals surface area contributed by atoms with Gasteiger partial charge in [-0.25, -0.2) is 0 Å². The van der Waals surface area contributed by atoms with Crippen molar-refractivity contribution in [2.75, 3.05) is 0 Å². The SMILES string of the molecule is CC1(C)C[C@H]2CC[C@]3(C)[C@@H]2[C@@](C)(CC[C@H]3O[Si](c2ccccc2)(c2ccccc2)C(C)(C)C)O1. The predicted octanol–water partition coefficient (Wildman–Crippen LogP) is 6.72. The Bertz CT molecular complexity index is 971. The summed E-state index contributed by atoms with van der Waals surface area (Å²) in [7, 11) is -2.57. The Labute approximate surface area is 208 Å². The molecule has 1 saturated heterocycles. The molecule has 1 heterocycles. The zero-order valence-corrected chi connectivity index (χ0v) is 23.4. The zero-order chi connectivity index (χ0) is 24.4. The molecular weight excluding hydrogens is 432 g/mol. The molecule has 1 aliphatic heterocycles. The Kier molecular flexibility index (Phi) is 5.75. The lowest BCUT2D eigenvalue weighted by molar-refractivity contribution is -0.255. The van der Waals surface area contributed by atoms with E-state index in [0.29, 0.717) is 5.92 Å². The van der Waals surface area contributed by atoms with E-state index in [1.807, 2.05) is 0 Å². The standard InChI is InChI=1S/C31H44O2Si/c1-28(2,3)34(24-14-10-8-11-15-24,25-16-12-9-13-17-25)32-26-19-21-31(7)27-23(18-20-30(26,27)6)22-29(4,5)33-31/h8-17,23,26-27H,18-22H2,1-7H3/t23-,26-,27-,30+,31-/m1/s1. The van der Waals surface area contributed by atoms with Crippen LogP contribution in [0.2, 0.25) is 5.04 Å². The highest BCUT2D eigenvalue weighted by atomic mass is 28.4. The van der Waals surface area contributed by atoms with Crippen LogP contribution >= 0.6 is 0 Å². The molecule has 0 spiro atoms. The molecular formula is C31H44O2Si. The van der Waals surface area contributed by atoms with Gasteiger partial charge in [-0.15, -0.1) is 0 Å². The Morgan fingerprint density at radius 1 is 0.824 bits per heavy atom. The molecule has 0 aromatic heterocycles. The van der Waals surface area contributed by atoms with Crippen molar-refractivity contribution >= 4 is 18.7 Å². The van der Waals surface area contributed by atoms with Gasteiger partial charge in [0.1, 0.15) is 0 Å². The van der Waals surface area contributed by atoms with Gasteiger partial charge in [0.05, 0.1) is 17.3 Å². The molecule has 0 amide bonds. The van der Waals surface area contributed by atoms with Crippen LogP contribution in [0.15, 0.2) is 60.7 Å². The summed E-state index contributed by atoms with van der Waals surface area (Å²) < 4.78 is 14.7. The van der Waals surface area contributed by atoms with Crippen molar-refractivity contribution in [3.05, 3.63) is 60.7 Å². The van der Waals surface area contributed by atoms with Crippen molar-refractivity contribution in [3.63, 3.8) is 0 Å². The highest BCUT2D eigenvalue weighted by Gasteiger charge is 2.66. The Balaban J connectivity index is 1.61. The number of ether oxygens (including phenoxy) is 1. The van der Waals surface area contributed by atoms with Gasteiger partial charge in [-0.2, -0.15) is 0 Å². The quantitative estimate of drug-likeness (QED) is 0.456. The number of benzene rings is 2. The minimum Gasteiger partial charge on any atom is -0.404 e. The second kappa shape index (κ2) is 8.05. The largest absolute Gasteiger partial charge is 0.404 e. The number of hydrogen-bond acceptors (Lipinski definition) is 2. The minimum absolute atomic E-state index is 0.00980. The molecule has 2 saturated carbocycles. The van der Waals surface area contributed by atoms with E-state index in [1.54, 1.807) is 0 Å². The second-order valence-electron chi connectivity index (χ2n) is 13.5. The lowest BCUT2D eigenvalue weighted by atomic mass is 9.57. The highest BCUT2D eigenvalue weighted by molar-refractivity contribution is 6.99. The summed E-state index contributed by atoms with van der Waals surface area (Å²) in [5.41, 5.74) is 0.0943. The van der Waals surface area contributed by atoms with Crippen LogP contribution in [-0.2, 0) is 9.16 Å². The molecule has 34 heavy (non-hydrogen) atoms. The third-order valence-corrected chi connectivity index (χ3v) is 14.6. The van der Waals surface area contributed by atoms with E-state index < -0.39 is 8.32 Å². The second-order valence-corrected chi connectivity index (χ2v) is 17.7. The maximum atomic E-state index is 7.78. The molecule has 184 valence electrons. The van der Waals surface area contributed by atoms with Crippen LogP contribution in [0.5, 0.6) is 0 Å². The lowest BCUT2D eigenvalue weighted by Crippen LogP contribution is -2.70. The van der Waals surface area contributed by atoms with Crippen molar-refractivity contribution in [2.24, 2.45) is 17.3 Å². The van der Waals surface area contributed by atoms with Gasteiger partial charge < -0.3 is 9.16 Å². The van der Waals surface area contributed by atoms with Crippen LogP contribution < -0.4 is 10.4 Å². The van der Waals surface area contributed by atoms with E-state index in [-0.39, 0.29) is 27.8 Å². The average Bonchev–Trinajstić information content (AvgIpc) is 3.11. The lowest BCUT2D eigenvalue weighted by Gasteiger charge is -2.61. The van der Waals surface area contributed by atoms with Gasteiger partial charge >= 0.3 is 0 Å². The first-order valence-electron chi connectivity index (χ1n) is 13.4. The fraction of sp³-hybridized carbons (Fsp3) is 0.613. The van der Waals surface area contributed by atoms with E-state index in [9.17, 15) is 0 Å². The summed E-state index contributed by atoms with van der Waals surface area (Å²) in [5, 5.41) is 2.79. The third-order valence-electron chi connectivity index (χ3n) is 9.53. The van der Waals surface area contributed by atoms with Crippen LogP contribution in [0, 0.1) is 17.3 Å². The van der Waals surface area contributed by atoms with Crippen LogP contribution in [0.1, 0.15) is 80.6 Å². The molecule has 3 fully saturated rings. The molecule has 2 aromatic rings. The molecule has 0 radical (unpaired) electrons. The summed E-state index contributed by atoms with van der Waals surface area (Å²) in [6.45, 7) is 16.8. The molecule has 2 nitrogen and oxygen atoms in total. The highest BCUT2D eigenvalue weighted by Crippen LogP contribution is 2.65. The monoisotopic (exact) mass is 476 g/mol. The van der Waals surface area contributed by atoms with Crippen LogP contribution in [0.25, 0.3) is 0 Å². The molecule has 0 bridgehead atoms. The normalized spacial score (nSPS) is 35.1. The maximum Gasteiger partial charge on any atom is 0.261 e. The summed E-state index contributed by atoms with van der Waals surface area (Å²) in [5.74, 6) is 1.31. The van der Waals surface area contributed by atoms with Crippen molar-refractivity contribution in [1.82, 2.24) is 0 Å². The Morgan fingerprint density at radius 2 is 1.38 bits per heavy atom. The number of hydrogen-bond donors (Lipinski definition) is 0. The van der Waals surface area contributed by atoms with Crippen molar-refractivity contribution in [2.45, 2.75) is 103 Å². The van der Waals surface area contributed by atoms with E-state index >= 15 is 0 Å². The van der Waals surface area contributed by atoms with Crippen LogP contribution in [-0.4, -0.2) is 25.6 Å². The van der Waals surface area contributed by atoms with Crippen molar-refractivity contribution < 1.29 is 9.16 Å².